The second-order valence-electron chi connectivity index (χ2n) is 7.09. The average Bonchev–Trinajstić information content (AvgIpc) is 3.10. The van der Waals surface area contributed by atoms with E-state index in [2.05, 4.69) is 25.2 Å². The first-order valence-corrected chi connectivity index (χ1v) is 10.4. The third kappa shape index (κ3) is 3.91. The number of hydrogen-bond donors (Lipinski definition) is 2. The molecular weight excluding hydrogens is 362 g/mol. The molecule has 1 atom stereocenters. The van der Waals surface area contributed by atoms with Gasteiger partial charge >= 0.3 is 0 Å². The van der Waals surface area contributed by atoms with Crippen molar-refractivity contribution in [3.05, 3.63) is 42.0 Å². The lowest BCUT2D eigenvalue weighted by molar-refractivity contribution is 0.0904. The van der Waals surface area contributed by atoms with E-state index in [1.807, 2.05) is 18.4 Å². The van der Waals surface area contributed by atoms with E-state index in [-0.39, 0.29) is 18.1 Å². The van der Waals surface area contributed by atoms with Crippen LogP contribution < -0.4 is 10.2 Å². The summed E-state index contributed by atoms with van der Waals surface area (Å²) in [5.41, 5.74) is 1.64. The number of aliphatic hydroxyl groups is 1. The molecule has 1 saturated heterocycles. The van der Waals surface area contributed by atoms with E-state index in [1.54, 1.807) is 18.6 Å². The van der Waals surface area contributed by atoms with Gasteiger partial charge in [-0.2, -0.15) is 0 Å². The SMILES string of the molecule is CSc1ncccc1C(=O)NC1CC(c2cc(N3CC[C@@H](O)C3)ncn2)C1. The Morgan fingerprint density at radius 1 is 1.33 bits per heavy atom. The molecule has 0 unspecified atom stereocenters. The van der Waals surface area contributed by atoms with Crippen molar-refractivity contribution in [3.63, 3.8) is 0 Å². The van der Waals surface area contributed by atoms with Gasteiger partial charge in [-0.3, -0.25) is 4.79 Å². The number of rotatable bonds is 5. The van der Waals surface area contributed by atoms with E-state index in [9.17, 15) is 9.90 Å². The molecular formula is C19H23N5O2S. The minimum Gasteiger partial charge on any atom is -0.391 e. The first-order chi connectivity index (χ1) is 13.1. The summed E-state index contributed by atoms with van der Waals surface area (Å²) >= 11 is 1.48. The molecule has 1 aliphatic carbocycles. The highest BCUT2D eigenvalue weighted by atomic mass is 32.2. The number of anilines is 1. The molecule has 0 bridgehead atoms. The van der Waals surface area contributed by atoms with Crippen LogP contribution in [0, 0.1) is 0 Å². The lowest BCUT2D eigenvalue weighted by atomic mass is 9.78. The molecule has 2 aliphatic rings. The van der Waals surface area contributed by atoms with Crippen LogP contribution in [0.15, 0.2) is 35.7 Å². The van der Waals surface area contributed by atoms with E-state index < -0.39 is 0 Å². The summed E-state index contributed by atoms with van der Waals surface area (Å²) in [7, 11) is 0. The highest BCUT2D eigenvalue weighted by molar-refractivity contribution is 7.98. The Morgan fingerprint density at radius 2 is 2.19 bits per heavy atom. The van der Waals surface area contributed by atoms with Gasteiger partial charge in [0.05, 0.1) is 11.7 Å². The molecule has 3 heterocycles. The molecule has 0 spiro atoms. The summed E-state index contributed by atoms with van der Waals surface area (Å²) in [6, 6.07) is 5.78. The lowest BCUT2D eigenvalue weighted by Crippen LogP contribution is -2.43. The molecule has 0 radical (unpaired) electrons. The zero-order chi connectivity index (χ0) is 18.8. The van der Waals surface area contributed by atoms with Gasteiger partial charge in [-0.05, 0) is 37.7 Å². The van der Waals surface area contributed by atoms with Gasteiger partial charge in [-0.25, -0.2) is 15.0 Å². The number of nitrogens with zero attached hydrogens (tertiary/aromatic N) is 4. The Labute approximate surface area is 162 Å². The maximum atomic E-state index is 12.5. The highest BCUT2D eigenvalue weighted by Gasteiger charge is 2.33. The minimum atomic E-state index is -0.273. The number of aromatic nitrogens is 3. The Balaban J connectivity index is 1.35. The largest absolute Gasteiger partial charge is 0.391 e. The van der Waals surface area contributed by atoms with Crippen molar-refractivity contribution < 1.29 is 9.90 Å². The van der Waals surface area contributed by atoms with Crippen LogP contribution in [0.25, 0.3) is 0 Å². The van der Waals surface area contributed by atoms with Crippen LogP contribution in [0.3, 0.4) is 0 Å². The number of nitrogens with one attached hydrogen (secondary N) is 1. The molecule has 142 valence electrons. The standard InChI is InChI=1S/C19H23N5O2S/c1-27-19-15(3-2-5-20-19)18(26)23-13-7-12(8-13)16-9-17(22-11-21-16)24-6-4-14(25)10-24/h2-3,5,9,11-14,25H,4,6-8,10H2,1H3,(H,23,26)/t12?,13?,14-/m1/s1. The smallest absolute Gasteiger partial charge is 0.254 e. The second kappa shape index (κ2) is 7.82. The van der Waals surface area contributed by atoms with Crippen LogP contribution in [0.1, 0.15) is 41.2 Å². The number of aliphatic hydroxyl groups excluding tert-OH is 1. The molecule has 1 aliphatic heterocycles. The molecule has 2 aromatic heterocycles. The van der Waals surface area contributed by atoms with Crippen molar-refractivity contribution in [2.75, 3.05) is 24.2 Å². The fourth-order valence-corrected chi connectivity index (χ4v) is 4.22. The van der Waals surface area contributed by atoms with Crippen LogP contribution in [-0.2, 0) is 0 Å². The normalized spacial score (nSPS) is 24.5. The summed E-state index contributed by atoms with van der Waals surface area (Å²) in [5.74, 6) is 1.15. The number of pyridine rings is 1. The lowest BCUT2D eigenvalue weighted by Gasteiger charge is -2.35. The fourth-order valence-electron chi connectivity index (χ4n) is 3.67. The molecule has 2 aromatic rings. The predicted octanol–water partition coefficient (Wildman–Crippen LogP) is 1.84. The van der Waals surface area contributed by atoms with Crippen molar-refractivity contribution >= 4 is 23.5 Å². The van der Waals surface area contributed by atoms with Crippen molar-refractivity contribution in [3.8, 4) is 0 Å². The van der Waals surface area contributed by atoms with Crippen LogP contribution >= 0.6 is 11.8 Å². The van der Waals surface area contributed by atoms with Gasteiger partial charge in [0.2, 0.25) is 0 Å². The van der Waals surface area contributed by atoms with Gasteiger partial charge in [0.1, 0.15) is 17.2 Å². The quantitative estimate of drug-likeness (QED) is 0.759. The van der Waals surface area contributed by atoms with Gasteiger partial charge in [-0.15, -0.1) is 11.8 Å². The summed E-state index contributed by atoms with van der Waals surface area (Å²) in [4.78, 5) is 27.6. The van der Waals surface area contributed by atoms with Gasteiger partial charge in [-0.1, -0.05) is 0 Å². The Bertz CT molecular complexity index is 827. The number of amides is 1. The molecule has 0 aromatic carbocycles. The summed E-state index contributed by atoms with van der Waals surface area (Å²) in [6.07, 6.45) is 7.48. The van der Waals surface area contributed by atoms with Gasteiger partial charge in [0, 0.05) is 43.0 Å². The van der Waals surface area contributed by atoms with E-state index in [0.717, 1.165) is 42.3 Å². The Hall–Kier alpha value is -2.19. The van der Waals surface area contributed by atoms with E-state index in [4.69, 9.17) is 0 Å². The number of hydrogen-bond acceptors (Lipinski definition) is 7. The van der Waals surface area contributed by atoms with E-state index >= 15 is 0 Å². The third-order valence-corrected chi connectivity index (χ3v) is 5.97. The average molecular weight is 385 g/mol. The van der Waals surface area contributed by atoms with Crippen LogP contribution in [-0.4, -0.2) is 57.5 Å². The summed E-state index contributed by atoms with van der Waals surface area (Å²) < 4.78 is 0. The molecule has 1 saturated carbocycles. The van der Waals surface area contributed by atoms with Gasteiger partial charge < -0.3 is 15.3 Å². The number of β-amino-alcohol motifs (C(OH)–C–C–N with tert-alkyl or cyclic N) is 1. The van der Waals surface area contributed by atoms with Gasteiger partial charge in [0.15, 0.2) is 0 Å². The molecule has 8 heteroatoms. The van der Waals surface area contributed by atoms with Crippen molar-refractivity contribution in [1.82, 2.24) is 20.3 Å². The second-order valence-corrected chi connectivity index (χ2v) is 7.88. The molecule has 2 fully saturated rings. The van der Waals surface area contributed by atoms with Crippen molar-refractivity contribution in [2.45, 2.75) is 42.4 Å². The molecule has 7 nitrogen and oxygen atoms in total. The van der Waals surface area contributed by atoms with Crippen molar-refractivity contribution in [2.24, 2.45) is 0 Å². The first kappa shape index (κ1) is 18.2. The fraction of sp³-hybridized carbons (Fsp3) is 0.474. The van der Waals surface area contributed by atoms with Gasteiger partial charge in [0.25, 0.3) is 5.91 Å². The Kier molecular flexibility index (Phi) is 5.27. The first-order valence-electron chi connectivity index (χ1n) is 9.19. The van der Waals surface area contributed by atoms with E-state index in [0.29, 0.717) is 18.0 Å². The van der Waals surface area contributed by atoms with E-state index in [1.165, 1.54) is 11.8 Å². The summed E-state index contributed by atoms with van der Waals surface area (Å²) in [5, 5.41) is 13.6. The molecule has 1 amide bonds. The molecule has 4 rings (SSSR count). The maximum absolute atomic E-state index is 12.5. The number of thioether (sulfide) groups is 1. The number of carbonyl (C=O) groups is 1. The minimum absolute atomic E-state index is 0.0645. The highest BCUT2D eigenvalue weighted by Crippen LogP contribution is 2.37. The zero-order valence-electron chi connectivity index (χ0n) is 15.2. The van der Waals surface area contributed by atoms with Crippen LogP contribution in [0.4, 0.5) is 5.82 Å². The van der Waals surface area contributed by atoms with Crippen molar-refractivity contribution in [1.29, 1.82) is 0 Å². The third-order valence-electron chi connectivity index (χ3n) is 5.26. The molecule has 27 heavy (non-hydrogen) atoms. The predicted molar refractivity (Wildman–Crippen MR) is 104 cm³/mol. The Morgan fingerprint density at radius 3 is 2.93 bits per heavy atom. The topological polar surface area (TPSA) is 91.2 Å². The van der Waals surface area contributed by atoms with Crippen LogP contribution in [0.2, 0.25) is 0 Å². The van der Waals surface area contributed by atoms with Crippen LogP contribution in [0.5, 0.6) is 0 Å². The summed E-state index contributed by atoms with van der Waals surface area (Å²) in [6.45, 7) is 1.45. The zero-order valence-corrected chi connectivity index (χ0v) is 16.0. The molecule has 2 N–H and O–H groups in total. The maximum Gasteiger partial charge on any atom is 0.254 e. The monoisotopic (exact) mass is 385 g/mol. The number of carbonyl (C=O) groups excluding carboxylic acids is 1.